The van der Waals surface area contributed by atoms with Crippen molar-refractivity contribution in [2.24, 2.45) is 11.5 Å². The van der Waals surface area contributed by atoms with E-state index in [0.717, 1.165) is 18.5 Å². The van der Waals surface area contributed by atoms with Gasteiger partial charge in [0, 0.05) is 12.7 Å². The van der Waals surface area contributed by atoms with Crippen molar-refractivity contribution in [1.82, 2.24) is 0 Å². The van der Waals surface area contributed by atoms with Gasteiger partial charge in [0.05, 0.1) is 0 Å². The van der Waals surface area contributed by atoms with Gasteiger partial charge in [-0.3, -0.25) is 4.90 Å². The van der Waals surface area contributed by atoms with E-state index >= 15 is 0 Å². The van der Waals surface area contributed by atoms with Crippen molar-refractivity contribution in [3.05, 3.63) is 29.8 Å². The van der Waals surface area contributed by atoms with Gasteiger partial charge in [0.1, 0.15) is 0 Å². The first-order valence-corrected chi connectivity index (χ1v) is 4.97. The Hall–Kier alpha value is -1.55. The van der Waals surface area contributed by atoms with Crippen LogP contribution in [0.5, 0.6) is 0 Å². The largest absolute Gasteiger partial charge is 0.351 e. The number of urea groups is 1. The summed E-state index contributed by atoms with van der Waals surface area (Å²) < 4.78 is 0. The van der Waals surface area contributed by atoms with Gasteiger partial charge in [-0.15, -0.1) is 0 Å². The van der Waals surface area contributed by atoms with Gasteiger partial charge < -0.3 is 11.5 Å². The normalized spacial score (nSPS) is 10.0. The maximum atomic E-state index is 11.0. The second-order valence-corrected chi connectivity index (χ2v) is 3.46. The summed E-state index contributed by atoms with van der Waals surface area (Å²) in [6.07, 6.45) is 1.88. The minimum Gasteiger partial charge on any atom is -0.351 e. The molecule has 1 aromatic rings. The van der Waals surface area contributed by atoms with Crippen LogP contribution in [0.3, 0.4) is 0 Å². The fraction of sp³-hybridized carbons (Fsp3) is 0.364. The lowest BCUT2D eigenvalue weighted by Crippen LogP contribution is -2.31. The zero-order valence-corrected chi connectivity index (χ0v) is 8.94. The van der Waals surface area contributed by atoms with Gasteiger partial charge >= 0.3 is 6.03 Å². The molecule has 0 aliphatic carbocycles. The molecule has 1 aromatic carbocycles. The molecule has 0 aromatic heterocycles. The number of nitrogens with zero attached hydrogens (tertiary/aromatic N) is 1. The van der Waals surface area contributed by atoms with E-state index in [9.17, 15) is 4.79 Å². The average molecular weight is 207 g/mol. The lowest BCUT2D eigenvalue weighted by atomic mass is 10.1. The number of rotatable bonds is 4. The van der Waals surface area contributed by atoms with Gasteiger partial charge in [-0.25, -0.2) is 4.79 Å². The Bertz CT molecular complexity index is 338. The molecule has 1 rings (SSSR count). The molecule has 82 valence electrons. The maximum Gasteiger partial charge on any atom is 0.318 e. The van der Waals surface area contributed by atoms with Crippen molar-refractivity contribution < 1.29 is 4.79 Å². The van der Waals surface area contributed by atoms with E-state index < -0.39 is 6.03 Å². The third-order valence-corrected chi connectivity index (χ3v) is 2.30. The molecule has 4 nitrogen and oxygen atoms in total. The lowest BCUT2D eigenvalue weighted by Gasteiger charge is -2.15. The smallest absolute Gasteiger partial charge is 0.318 e. The predicted molar refractivity (Wildman–Crippen MR) is 61.8 cm³/mol. The molecule has 0 bridgehead atoms. The summed E-state index contributed by atoms with van der Waals surface area (Å²) in [5.41, 5.74) is 12.6. The molecule has 0 spiro atoms. The number of amides is 2. The third-order valence-electron chi connectivity index (χ3n) is 2.30. The molecule has 0 radical (unpaired) electrons. The van der Waals surface area contributed by atoms with Crippen molar-refractivity contribution in [1.29, 1.82) is 0 Å². The van der Waals surface area contributed by atoms with E-state index in [4.69, 9.17) is 11.5 Å². The average Bonchev–Trinajstić information content (AvgIpc) is 2.25. The second kappa shape index (κ2) is 5.36. The highest BCUT2D eigenvalue weighted by atomic mass is 16.2. The SMILES string of the molecule is CN(C(N)=O)c1cccc(CCCN)c1. The van der Waals surface area contributed by atoms with Crippen LogP contribution in [0.4, 0.5) is 10.5 Å². The number of carbonyl (C=O) groups is 1. The first-order valence-electron chi connectivity index (χ1n) is 4.97. The molecule has 15 heavy (non-hydrogen) atoms. The fourth-order valence-corrected chi connectivity index (χ4v) is 1.35. The van der Waals surface area contributed by atoms with Gasteiger partial charge in [0.15, 0.2) is 0 Å². The van der Waals surface area contributed by atoms with E-state index in [0.29, 0.717) is 6.54 Å². The second-order valence-electron chi connectivity index (χ2n) is 3.46. The molecule has 0 saturated carbocycles. The number of hydrogen-bond donors (Lipinski definition) is 2. The first kappa shape index (κ1) is 11.5. The molecule has 0 aliphatic heterocycles. The summed E-state index contributed by atoms with van der Waals surface area (Å²) in [4.78, 5) is 12.4. The molecule has 4 heteroatoms. The monoisotopic (exact) mass is 207 g/mol. The molecule has 0 heterocycles. The molecular formula is C11H17N3O. The Morgan fingerprint density at radius 1 is 1.47 bits per heavy atom. The van der Waals surface area contributed by atoms with Crippen LogP contribution in [-0.2, 0) is 6.42 Å². The van der Waals surface area contributed by atoms with Gasteiger partial charge in [-0.05, 0) is 37.1 Å². The van der Waals surface area contributed by atoms with Gasteiger partial charge in [0.2, 0.25) is 0 Å². The number of aryl methyl sites for hydroxylation is 1. The number of hydrogen-bond acceptors (Lipinski definition) is 2. The van der Waals surface area contributed by atoms with E-state index in [1.54, 1.807) is 7.05 Å². The van der Waals surface area contributed by atoms with Crippen LogP contribution in [0, 0.1) is 0 Å². The summed E-state index contributed by atoms with van der Waals surface area (Å²) in [6, 6.07) is 7.30. The summed E-state index contributed by atoms with van der Waals surface area (Å²) in [5.74, 6) is 0. The zero-order valence-electron chi connectivity index (χ0n) is 8.94. The molecule has 4 N–H and O–H groups in total. The third kappa shape index (κ3) is 3.25. The van der Waals surface area contributed by atoms with E-state index in [1.807, 2.05) is 24.3 Å². The van der Waals surface area contributed by atoms with Crippen LogP contribution in [0.15, 0.2) is 24.3 Å². The Morgan fingerprint density at radius 2 is 2.20 bits per heavy atom. The number of carbonyl (C=O) groups excluding carboxylic acids is 1. The van der Waals surface area contributed by atoms with Crippen LogP contribution < -0.4 is 16.4 Å². The summed E-state index contributed by atoms with van der Waals surface area (Å²) in [5, 5.41) is 0. The number of anilines is 1. The van der Waals surface area contributed by atoms with E-state index in [1.165, 1.54) is 10.5 Å². The minimum atomic E-state index is -0.453. The van der Waals surface area contributed by atoms with Crippen molar-refractivity contribution in [3.8, 4) is 0 Å². The highest BCUT2D eigenvalue weighted by Crippen LogP contribution is 2.15. The summed E-state index contributed by atoms with van der Waals surface area (Å²) in [7, 11) is 1.66. The minimum absolute atomic E-state index is 0.453. The first-order chi connectivity index (χ1) is 7.15. The van der Waals surface area contributed by atoms with Gasteiger partial charge in [-0.2, -0.15) is 0 Å². The molecular weight excluding hydrogens is 190 g/mol. The van der Waals surface area contributed by atoms with Crippen LogP contribution >= 0.6 is 0 Å². The quantitative estimate of drug-likeness (QED) is 0.775. The van der Waals surface area contributed by atoms with E-state index in [2.05, 4.69) is 0 Å². The summed E-state index contributed by atoms with van der Waals surface area (Å²) >= 11 is 0. The van der Waals surface area contributed by atoms with Gasteiger partial charge in [0.25, 0.3) is 0 Å². The summed E-state index contributed by atoms with van der Waals surface area (Å²) in [6.45, 7) is 0.676. The van der Waals surface area contributed by atoms with Crippen molar-refractivity contribution >= 4 is 11.7 Å². The topological polar surface area (TPSA) is 72.3 Å². The molecule has 0 unspecified atom stereocenters. The maximum absolute atomic E-state index is 11.0. The number of nitrogens with two attached hydrogens (primary N) is 2. The predicted octanol–water partition coefficient (Wildman–Crippen LogP) is 1.09. The van der Waals surface area contributed by atoms with Crippen molar-refractivity contribution in [2.75, 3.05) is 18.5 Å². The highest BCUT2D eigenvalue weighted by molar-refractivity contribution is 5.90. The number of benzene rings is 1. The zero-order chi connectivity index (χ0) is 11.3. The van der Waals surface area contributed by atoms with Crippen molar-refractivity contribution in [2.45, 2.75) is 12.8 Å². The standard InChI is InChI=1S/C11H17N3O/c1-14(11(13)15)10-6-2-4-9(8-10)5-3-7-12/h2,4,6,8H,3,5,7,12H2,1H3,(H2,13,15). The lowest BCUT2D eigenvalue weighted by molar-refractivity contribution is 0.255. The fourth-order valence-electron chi connectivity index (χ4n) is 1.35. The van der Waals surface area contributed by atoms with E-state index in [-0.39, 0.29) is 0 Å². The highest BCUT2D eigenvalue weighted by Gasteiger charge is 2.06. The van der Waals surface area contributed by atoms with Crippen LogP contribution in [0.25, 0.3) is 0 Å². The molecule has 0 atom stereocenters. The Labute approximate surface area is 89.9 Å². The Balaban J connectivity index is 2.77. The van der Waals surface area contributed by atoms with Crippen LogP contribution in [0.2, 0.25) is 0 Å². The number of primary amides is 1. The molecule has 0 aliphatic rings. The van der Waals surface area contributed by atoms with Crippen molar-refractivity contribution in [3.63, 3.8) is 0 Å². The molecule has 0 fully saturated rings. The van der Waals surface area contributed by atoms with Gasteiger partial charge in [-0.1, -0.05) is 12.1 Å². The van der Waals surface area contributed by atoms with Crippen LogP contribution in [-0.4, -0.2) is 19.6 Å². The molecule has 2 amide bonds. The molecule has 0 saturated heterocycles. The Kier molecular flexibility index (Phi) is 4.12. The Morgan fingerprint density at radius 3 is 2.80 bits per heavy atom. The van der Waals surface area contributed by atoms with Crippen LogP contribution in [0.1, 0.15) is 12.0 Å².